The summed E-state index contributed by atoms with van der Waals surface area (Å²) in [6, 6.07) is 31.3. The van der Waals surface area contributed by atoms with Gasteiger partial charge in [-0.3, -0.25) is 10.1 Å². The molecule has 0 saturated heterocycles. The average molecular weight is 465 g/mol. The van der Waals surface area contributed by atoms with Crippen molar-refractivity contribution in [3.05, 3.63) is 118 Å². The summed E-state index contributed by atoms with van der Waals surface area (Å²) in [6.07, 6.45) is 0. The highest BCUT2D eigenvalue weighted by Gasteiger charge is 2.17. The van der Waals surface area contributed by atoms with Gasteiger partial charge in [0, 0.05) is 27.8 Å². The van der Waals surface area contributed by atoms with Crippen LogP contribution in [0, 0.1) is 10.1 Å². The quantitative estimate of drug-likeness (QED) is 0.204. The highest BCUT2D eigenvalue weighted by molar-refractivity contribution is 6.31. The number of nitrogens with zero attached hydrogens (tertiary/aromatic N) is 4. The van der Waals surface area contributed by atoms with E-state index in [1.165, 1.54) is 12.1 Å². The van der Waals surface area contributed by atoms with Crippen LogP contribution in [0.1, 0.15) is 0 Å². The van der Waals surface area contributed by atoms with Crippen molar-refractivity contribution in [2.24, 2.45) is 0 Å². The van der Waals surface area contributed by atoms with Gasteiger partial charge in [0.25, 0.3) is 5.69 Å². The van der Waals surface area contributed by atoms with Crippen molar-refractivity contribution in [3.63, 3.8) is 0 Å². The summed E-state index contributed by atoms with van der Waals surface area (Å²) < 4.78 is 0. The summed E-state index contributed by atoms with van der Waals surface area (Å²) in [7, 11) is 0. The number of rotatable bonds is 5. The smallest absolute Gasteiger partial charge is 0.258 e. The number of aromatic nitrogens is 3. The second-order valence-corrected chi connectivity index (χ2v) is 7.97. The first-order chi connectivity index (χ1) is 16.6. The van der Waals surface area contributed by atoms with E-state index in [9.17, 15) is 10.1 Å². The fraction of sp³-hybridized carbons (Fsp3) is 0. The van der Waals surface area contributed by atoms with Crippen LogP contribution in [0.2, 0.25) is 5.02 Å². The molecule has 0 aliphatic carbocycles. The van der Waals surface area contributed by atoms with E-state index in [2.05, 4.69) is 0 Å². The fourth-order valence-electron chi connectivity index (χ4n) is 3.64. The molecule has 0 radical (unpaired) electrons. The van der Waals surface area contributed by atoms with E-state index in [0.717, 1.165) is 16.7 Å². The number of nitro benzene ring substituents is 1. The molecule has 5 aromatic rings. The molecule has 6 nitrogen and oxygen atoms in total. The lowest BCUT2D eigenvalue weighted by atomic mass is 10.0. The molecule has 0 bridgehead atoms. The van der Waals surface area contributed by atoms with Gasteiger partial charge in [0.1, 0.15) is 0 Å². The van der Waals surface area contributed by atoms with Crippen LogP contribution in [0.3, 0.4) is 0 Å². The van der Waals surface area contributed by atoms with E-state index in [1.807, 2.05) is 84.9 Å². The average Bonchev–Trinajstić information content (AvgIpc) is 2.89. The van der Waals surface area contributed by atoms with Crippen LogP contribution >= 0.6 is 11.6 Å². The first-order valence-corrected chi connectivity index (χ1v) is 10.9. The summed E-state index contributed by atoms with van der Waals surface area (Å²) in [5, 5.41) is 11.9. The molecular weight excluding hydrogens is 448 g/mol. The van der Waals surface area contributed by atoms with E-state index in [4.69, 9.17) is 26.6 Å². The molecule has 0 spiro atoms. The zero-order chi connectivity index (χ0) is 23.5. The Hall–Kier alpha value is -4.42. The largest absolute Gasteiger partial charge is 0.277 e. The molecule has 34 heavy (non-hydrogen) atoms. The molecule has 0 atom stereocenters. The monoisotopic (exact) mass is 464 g/mol. The van der Waals surface area contributed by atoms with Gasteiger partial charge < -0.3 is 0 Å². The maximum atomic E-state index is 11.5. The predicted octanol–water partition coefficient (Wildman–Crippen LogP) is 7.10. The zero-order valence-corrected chi connectivity index (χ0v) is 18.6. The molecule has 0 amide bonds. The minimum Gasteiger partial charge on any atom is -0.258 e. The molecule has 0 saturated carbocycles. The predicted molar refractivity (Wildman–Crippen MR) is 133 cm³/mol. The van der Waals surface area contributed by atoms with Crippen molar-refractivity contribution >= 4 is 17.3 Å². The number of hydrogen-bond donors (Lipinski definition) is 0. The molecule has 164 valence electrons. The molecule has 4 aromatic carbocycles. The Balaban J connectivity index is 1.60. The molecule has 7 heteroatoms. The van der Waals surface area contributed by atoms with E-state index in [0.29, 0.717) is 33.6 Å². The van der Waals surface area contributed by atoms with Crippen molar-refractivity contribution in [2.75, 3.05) is 0 Å². The van der Waals surface area contributed by atoms with E-state index < -0.39 is 4.92 Å². The lowest BCUT2D eigenvalue weighted by molar-refractivity contribution is -0.384. The summed E-state index contributed by atoms with van der Waals surface area (Å²) >= 11 is 6.10. The van der Waals surface area contributed by atoms with Crippen molar-refractivity contribution in [1.29, 1.82) is 0 Å². The van der Waals surface area contributed by atoms with Crippen molar-refractivity contribution < 1.29 is 4.92 Å². The molecule has 0 aliphatic heterocycles. The summed E-state index contributed by atoms with van der Waals surface area (Å²) in [6.45, 7) is 0. The standard InChI is InChI=1S/C27H17ClN4O2/c28-22-15-16-24(32(33)34)23(17-22)18-11-13-21(14-12-18)27-30-25(19-7-3-1-4-8-19)29-26(31-27)20-9-5-2-6-10-20/h1-17H. The first kappa shape index (κ1) is 21.4. The van der Waals surface area contributed by atoms with E-state index >= 15 is 0 Å². The third-order valence-corrected chi connectivity index (χ3v) is 5.54. The van der Waals surface area contributed by atoms with Crippen LogP contribution in [-0.4, -0.2) is 19.9 Å². The normalized spacial score (nSPS) is 10.7. The van der Waals surface area contributed by atoms with Gasteiger partial charge in [-0.2, -0.15) is 0 Å². The Kier molecular flexibility index (Phi) is 5.81. The Morgan fingerprint density at radius 2 is 1.03 bits per heavy atom. The minimum atomic E-state index is -0.413. The van der Waals surface area contributed by atoms with Crippen molar-refractivity contribution in [1.82, 2.24) is 15.0 Å². The third-order valence-electron chi connectivity index (χ3n) is 5.31. The lowest BCUT2D eigenvalue weighted by Gasteiger charge is -2.09. The molecule has 0 unspecified atom stereocenters. The van der Waals surface area contributed by atoms with E-state index in [-0.39, 0.29) is 5.69 Å². The SMILES string of the molecule is O=[N+]([O-])c1ccc(Cl)cc1-c1ccc(-c2nc(-c3ccccc3)nc(-c3ccccc3)n2)cc1. The Morgan fingerprint density at radius 1 is 0.588 bits per heavy atom. The second-order valence-electron chi connectivity index (χ2n) is 7.53. The summed E-state index contributed by atoms with van der Waals surface area (Å²) in [4.78, 5) is 25.2. The fourth-order valence-corrected chi connectivity index (χ4v) is 3.81. The molecule has 1 aromatic heterocycles. The summed E-state index contributed by atoms with van der Waals surface area (Å²) in [5.74, 6) is 1.65. The van der Waals surface area contributed by atoms with Gasteiger partial charge in [-0.1, -0.05) is 96.5 Å². The highest BCUT2D eigenvalue weighted by atomic mass is 35.5. The topological polar surface area (TPSA) is 81.8 Å². The Bertz CT molecular complexity index is 1420. The molecular formula is C27H17ClN4O2. The number of hydrogen-bond acceptors (Lipinski definition) is 5. The minimum absolute atomic E-state index is 0.00459. The maximum absolute atomic E-state index is 11.5. The van der Waals surface area contributed by atoms with Gasteiger partial charge in [0.15, 0.2) is 17.5 Å². The third kappa shape index (κ3) is 4.40. The van der Waals surface area contributed by atoms with Crippen LogP contribution in [0.5, 0.6) is 0 Å². The maximum Gasteiger partial charge on any atom is 0.277 e. The number of nitro groups is 1. The van der Waals surface area contributed by atoms with Gasteiger partial charge in [-0.15, -0.1) is 0 Å². The molecule has 1 heterocycles. The van der Waals surface area contributed by atoms with Crippen LogP contribution in [0.15, 0.2) is 103 Å². The summed E-state index contributed by atoms with van der Waals surface area (Å²) in [5.41, 5.74) is 3.66. The van der Waals surface area contributed by atoms with Gasteiger partial charge in [0.2, 0.25) is 0 Å². The lowest BCUT2D eigenvalue weighted by Crippen LogP contribution is -2.00. The first-order valence-electron chi connectivity index (χ1n) is 10.5. The zero-order valence-electron chi connectivity index (χ0n) is 17.8. The second kappa shape index (κ2) is 9.21. The molecule has 0 fully saturated rings. The Morgan fingerprint density at radius 3 is 1.50 bits per heavy atom. The molecule has 5 rings (SSSR count). The van der Waals surface area contributed by atoms with Crippen LogP contribution in [0.4, 0.5) is 5.69 Å². The van der Waals surface area contributed by atoms with Crippen molar-refractivity contribution in [2.45, 2.75) is 0 Å². The van der Waals surface area contributed by atoms with E-state index in [1.54, 1.807) is 6.07 Å². The van der Waals surface area contributed by atoms with Crippen LogP contribution < -0.4 is 0 Å². The molecule has 0 N–H and O–H groups in total. The van der Waals surface area contributed by atoms with Gasteiger partial charge >= 0.3 is 0 Å². The highest BCUT2D eigenvalue weighted by Crippen LogP contribution is 2.33. The molecule has 0 aliphatic rings. The Labute approximate surface area is 200 Å². The van der Waals surface area contributed by atoms with Crippen LogP contribution in [0.25, 0.3) is 45.3 Å². The number of halogens is 1. The van der Waals surface area contributed by atoms with Gasteiger partial charge in [-0.05, 0) is 17.7 Å². The van der Waals surface area contributed by atoms with Gasteiger partial charge in [0.05, 0.1) is 10.5 Å². The van der Waals surface area contributed by atoms with Gasteiger partial charge in [-0.25, -0.2) is 15.0 Å². The number of benzene rings is 4. The van der Waals surface area contributed by atoms with Crippen LogP contribution in [-0.2, 0) is 0 Å². The van der Waals surface area contributed by atoms with Crippen molar-refractivity contribution in [3.8, 4) is 45.3 Å².